The molecule has 6 heteroatoms. The van der Waals surface area contributed by atoms with Gasteiger partial charge in [-0.3, -0.25) is 0 Å². The van der Waals surface area contributed by atoms with E-state index in [-0.39, 0.29) is 11.4 Å². The first kappa shape index (κ1) is 15.0. The quantitative estimate of drug-likeness (QED) is 0.909. The molecule has 2 rings (SSSR count). The number of hydrogen-bond acceptors (Lipinski definition) is 3. The Labute approximate surface area is 122 Å². The van der Waals surface area contributed by atoms with Gasteiger partial charge >= 0.3 is 0 Å². The molecule has 0 heterocycles. The van der Waals surface area contributed by atoms with Gasteiger partial charge in [0.15, 0.2) is 0 Å². The van der Waals surface area contributed by atoms with E-state index in [0.717, 1.165) is 12.8 Å². The summed E-state index contributed by atoms with van der Waals surface area (Å²) in [5.41, 5.74) is -0.872. The number of likely N-dealkylation sites (N-methyl/N-ethyl adjacent to an activating group) is 1. The number of sulfonamides is 1. The average Bonchev–Trinajstić information content (AvgIpc) is 2.76. The fraction of sp³-hybridized carbons (Fsp3) is 0.538. The highest BCUT2D eigenvalue weighted by molar-refractivity contribution is 9.10. The lowest BCUT2D eigenvalue weighted by Gasteiger charge is -2.28. The highest BCUT2D eigenvalue weighted by Crippen LogP contribution is 2.32. The molecule has 0 atom stereocenters. The molecule has 0 radical (unpaired) electrons. The Bertz CT molecular complexity index is 553. The fourth-order valence-electron chi connectivity index (χ4n) is 2.51. The second-order valence-corrected chi connectivity index (χ2v) is 7.99. The fourth-order valence-corrected chi connectivity index (χ4v) is 4.72. The molecule has 106 valence electrons. The SMILES string of the molecule is CN(CC1(O)CCCC1)S(=O)(=O)c1ccccc1Br. The standard InChI is InChI=1S/C13H18BrNO3S/c1-15(10-13(16)8-4-5-9-13)19(17,18)12-7-3-2-6-11(12)14/h2-3,6-7,16H,4-5,8-10H2,1H3. The van der Waals surface area contributed by atoms with E-state index in [9.17, 15) is 13.5 Å². The van der Waals surface area contributed by atoms with Crippen LogP contribution in [0.3, 0.4) is 0 Å². The van der Waals surface area contributed by atoms with Gasteiger partial charge in [0.05, 0.1) is 10.5 Å². The first-order valence-electron chi connectivity index (χ1n) is 6.28. The maximum Gasteiger partial charge on any atom is 0.244 e. The van der Waals surface area contributed by atoms with Gasteiger partial charge in [0.1, 0.15) is 0 Å². The third kappa shape index (κ3) is 3.18. The van der Waals surface area contributed by atoms with Crippen molar-refractivity contribution in [1.29, 1.82) is 0 Å². The highest BCUT2D eigenvalue weighted by atomic mass is 79.9. The molecule has 0 unspecified atom stereocenters. The van der Waals surface area contributed by atoms with E-state index < -0.39 is 15.6 Å². The van der Waals surface area contributed by atoms with Crippen molar-refractivity contribution in [2.45, 2.75) is 36.2 Å². The van der Waals surface area contributed by atoms with Crippen molar-refractivity contribution in [1.82, 2.24) is 4.31 Å². The largest absolute Gasteiger partial charge is 0.389 e. The summed E-state index contributed by atoms with van der Waals surface area (Å²) >= 11 is 3.26. The summed E-state index contributed by atoms with van der Waals surface area (Å²) in [4.78, 5) is 0.235. The number of nitrogens with zero attached hydrogens (tertiary/aromatic N) is 1. The van der Waals surface area contributed by atoms with Crippen molar-refractivity contribution in [2.75, 3.05) is 13.6 Å². The third-order valence-corrected chi connectivity index (χ3v) is 6.39. The highest BCUT2D eigenvalue weighted by Gasteiger charge is 2.36. The summed E-state index contributed by atoms with van der Waals surface area (Å²) in [6, 6.07) is 6.73. The maximum absolute atomic E-state index is 12.5. The van der Waals surface area contributed by atoms with Gasteiger partial charge in [-0.15, -0.1) is 0 Å². The molecular formula is C13H18BrNO3S. The van der Waals surface area contributed by atoms with Crippen LogP contribution in [0.2, 0.25) is 0 Å². The van der Waals surface area contributed by atoms with Gasteiger partial charge in [-0.25, -0.2) is 8.42 Å². The summed E-state index contributed by atoms with van der Waals surface area (Å²) in [5.74, 6) is 0. The first-order chi connectivity index (χ1) is 8.85. The molecule has 1 aromatic rings. The Morgan fingerprint density at radius 2 is 1.89 bits per heavy atom. The van der Waals surface area contributed by atoms with Gasteiger partial charge in [0.2, 0.25) is 10.0 Å². The number of benzene rings is 1. The molecule has 1 N–H and O–H groups in total. The Balaban J connectivity index is 2.22. The number of halogens is 1. The van der Waals surface area contributed by atoms with Crippen molar-refractivity contribution in [3.63, 3.8) is 0 Å². The van der Waals surface area contributed by atoms with Crippen LogP contribution < -0.4 is 0 Å². The van der Waals surface area contributed by atoms with Crippen LogP contribution in [0.25, 0.3) is 0 Å². The van der Waals surface area contributed by atoms with E-state index in [4.69, 9.17) is 0 Å². The molecule has 1 fully saturated rings. The minimum absolute atomic E-state index is 0.149. The molecule has 0 bridgehead atoms. The minimum Gasteiger partial charge on any atom is -0.389 e. The van der Waals surface area contributed by atoms with Crippen molar-refractivity contribution >= 4 is 26.0 Å². The monoisotopic (exact) mass is 347 g/mol. The molecule has 1 aliphatic rings. The summed E-state index contributed by atoms with van der Waals surface area (Å²) < 4.78 is 26.7. The molecule has 1 aromatic carbocycles. The van der Waals surface area contributed by atoms with Crippen molar-refractivity contribution in [2.24, 2.45) is 0 Å². The first-order valence-corrected chi connectivity index (χ1v) is 8.52. The molecule has 4 nitrogen and oxygen atoms in total. The zero-order valence-corrected chi connectivity index (χ0v) is 13.2. The average molecular weight is 348 g/mol. The van der Waals surface area contributed by atoms with Gasteiger partial charge in [-0.05, 0) is 40.9 Å². The van der Waals surface area contributed by atoms with E-state index >= 15 is 0 Å². The second-order valence-electron chi connectivity index (χ2n) is 5.12. The predicted octanol–water partition coefficient (Wildman–Crippen LogP) is 2.37. The van der Waals surface area contributed by atoms with Gasteiger partial charge in [0, 0.05) is 18.1 Å². The molecule has 0 amide bonds. The second kappa shape index (κ2) is 5.52. The van der Waals surface area contributed by atoms with Crippen LogP contribution in [0.5, 0.6) is 0 Å². The van der Waals surface area contributed by atoms with Gasteiger partial charge in [0.25, 0.3) is 0 Å². The smallest absolute Gasteiger partial charge is 0.244 e. The topological polar surface area (TPSA) is 57.6 Å². The van der Waals surface area contributed by atoms with Gasteiger partial charge in [-0.1, -0.05) is 25.0 Å². The van der Waals surface area contributed by atoms with Crippen LogP contribution in [0.15, 0.2) is 33.6 Å². The Morgan fingerprint density at radius 1 is 1.32 bits per heavy atom. The summed E-state index contributed by atoms with van der Waals surface area (Å²) in [6.45, 7) is 0.149. The lowest BCUT2D eigenvalue weighted by Crippen LogP contribution is -2.42. The van der Waals surface area contributed by atoms with Crippen LogP contribution in [0, 0.1) is 0 Å². The molecule has 0 saturated heterocycles. The molecular weight excluding hydrogens is 330 g/mol. The Hall–Kier alpha value is -0.430. The molecule has 1 aliphatic carbocycles. The number of rotatable bonds is 4. The van der Waals surface area contributed by atoms with Gasteiger partial charge in [-0.2, -0.15) is 4.31 Å². The zero-order chi connectivity index (χ0) is 14.1. The maximum atomic E-state index is 12.5. The van der Waals surface area contributed by atoms with E-state index in [1.54, 1.807) is 24.3 Å². The van der Waals surface area contributed by atoms with E-state index in [0.29, 0.717) is 17.3 Å². The third-order valence-electron chi connectivity index (χ3n) is 3.58. The van der Waals surface area contributed by atoms with E-state index in [1.165, 1.54) is 11.4 Å². The van der Waals surface area contributed by atoms with Crippen LogP contribution in [-0.2, 0) is 10.0 Å². The molecule has 0 spiro atoms. The van der Waals surface area contributed by atoms with Gasteiger partial charge < -0.3 is 5.11 Å². The van der Waals surface area contributed by atoms with Crippen LogP contribution in [0.1, 0.15) is 25.7 Å². The Kier molecular flexibility index (Phi) is 4.35. The normalized spacial score (nSPS) is 18.9. The van der Waals surface area contributed by atoms with Crippen molar-refractivity contribution in [3.05, 3.63) is 28.7 Å². The molecule has 1 saturated carbocycles. The number of hydrogen-bond donors (Lipinski definition) is 1. The van der Waals surface area contributed by atoms with E-state index in [1.807, 2.05) is 0 Å². The minimum atomic E-state index is -3.57. The molecule has 0 aromatic heterocycles. The van der Waals surface area contributed by atoms with Crippen LogP contribution in [0.4, 0.5) is 0 Å². The van der Waals surface area contributed by atoms with Crippen LogP contribution >= 0.6 is 15.9 Å². The lowest BCUT2D eigenvalue weighted by molar-refractivity contribution is 0.0333. The summed E-state index contributed by atoms with van der Waals surface area (Å²) in [7, 11) is -2.05. The molecule has 0 aliphatic heterocycles. The van der Waals surface area contributed by atoms with E-state index in [2.05, 4.69) is 15.9 Å². The lowest BCUT2D eigenvalue weighted by atomic mass is 10.0. The zero-order valence-electron chi connectivity index (χ0n) is 10.8. The summed E-state index contributed by atoms with van der Waals surface area (Å²) in [5, 5.41) is 10.3. The Morgan fingerprint density at radius 3 is 2.47 bits per heavy atom. The number of aliphatic hydroxyl groups is 1. The van der Waals surface area contributed by atoms with Crippen LogP contribution in [-0.4, -0.2) is 37.0 Å². The van der Waals surface area contributed by atoms with Crippen molar-refractivity contribution in [3.8, 4) is 0 Å². The van der Waals surface area contributed by atoms with Crippen molar-refractivity contribution < 1.29 is 13.5 Å². The molecule has 19 heavy (non-hydrogen) atoms. The summed E-state index contributed by atoms with van der Waals surface area (Å²) in [6.07, 6.45) is 3.25. The predicted molar refractivity (Wildman–Crippen MR) is 77.4 cm³/mol.